The number of aryl methyl sites for hydroxylation is 1. The second kappa shape index (κ2) is 8.13. The quantitative estimate of drug-likeness (QED) is 0.737. The molecule has 3 atom stereocenters. The van der Waals surface area contributed by atoms with Crippen molar-refractivity contribution in [3.8, 4) is 0 Å². The van der Waals surface area contributed by atoms with Crippen LogP contribution in [-0.2, 0) is 22.6 Å². The predicted octanol–water partition coefficient (Wildman–Crippen LogP) is 3.21. The predicted molar refractivity (Wildman–Crippen MR) is 106 cm³/mol. The zero-order valence-electron chi connectivity index (χ0n) is 15.9. The standard InChI is InChI=1S/C21H29N3O2S/c1-2-16-12-27-19(23-16)11-22-20(25)14-5-7-17(8-6-14)24-21(26)18-10-13-3-4-15(18)9-13/h3-4,12-15,17-18H,2,5-11H2,1H3,(H,22,25)(H,24,26)/t13-,14?,15+,17?,18-/m1/s1. The molecule has 2 N–H and O–H groups in total. The fourth-order valence-corrected chi connectivity index (χ4v) is 5.61. The van der Waals surface area contributed by atoms with Crippen molar-refractivity contribution in [1.29, 1.82) is 0 Å². The molecule has 27 heavy (non-hydrogen) atoms. The van der Waals surface area contributed by atoms with E-state index in [1.54, 1.807) is 11.3 Å². The number of nitrogens with one attached hydrogen (secondary N) is 2. The van der Waals surface area contributed by atoms with Crippen LogP contribution in [0.5, 0.6) is 0 Å². The third-order valence-electron chi connectivity index (χ3n) is 6.44. The van der Waals surface area contributed by atoms with Crippen molar-refractivity contribution in [1.82, 2.24) is 15.6 Å². The summed E-state index contributed by atoms with van der Waals surface area (Å²) in [7, 11) is 0. The van der Waals surface area contributed by atoms with Crippen LogP contribution in [0, 0.1) is 23.7 Å². The van der Waals surface area contributed by atoms with Gasteiger partial charge in [0, 0.05) is 23.3 Å². The number of fused-ring (bicyclic) bond motifs is 2. The van der Waals surface area contributed by atoms with Crippen molar-refractivity contribution in [3.05, 3.63) is 28.2 Å². The van der Waals surface area contributed by atoms with Gasteiger partial charge in [-0.25, -0.2) is 4.98 Å². The first-order chi connectivity index (χ1) is 13.1. The Hall–Kier alpha value is -1.69. The van der Waals surface area contributed by atoms with Crippen LogP contribution < -0.4 is 10.6 Å². The van der Waals surface area contributed by atoms with Crippen molar-refractivity contribution in [2.45, 2.75) is 64.5 Å². The fraction of sp³-hybridized carbons (Fsp3) is 0.667. The van der Waals surface area contributed by atoms with Crippen LogP contribution >= 0.6 is 11.3 Å². The molecule has 1 aromatic rings. The molecule has 0 aliphatic heterocycles. The molecule has 146 valence electrons. The molecule has 2 fully saturated rings. The Morgan fingerprint density at radius 3 is 2.59 bits per heavy atom. The van der Waals surface area contributed by atoms with E-state index in [-0.39, 0.29) is 29.7 Å². The van der Waals surface area contributed by atoms with E-state index in [1.807, 2.05) is 0 Å². The number of carbonyl (C=O) groups is 2. The highest BCUT2D eigenvalue weighted by Crippen LogP contribution is 2.43. The van der Waals surface area contributed by atoms with E-state index in [4.69, 9.17) is 0 Å². The molecule has 0 aromatic carbocycles. The zero-order chi connectivity index (χ0) is 18.8. The van der Waals surface area contributed by atoms with Crippen molar-refractivity contribution >= 4 is 23.2 Å². The molecule has 2 amide bonds. The minimum Gasteiger partial charge on any atom is -0.353 e. The van der Waals surface area contributed by atoms with Crippen LogP contribution in [0.4, 0.5) is 0 Å². The van der Waals surface area contributed by atoms with Gasteiger partial charge in [-0.3, -0.25) is 9.59 Å². The molecular weight excluding hydrogens is 358 g/mol. The van der Waals surface area contributed by atoms with E-state index >= 15 is 0 Å². The Bertz CT molecular complexity index is 721. The summed E-state index contributed by atoms with van der Waals surface area (Å²) in [5, 5.41) is 9.33. The molecule has 0 radical (unpaired) electrons. The minimum absolute atomic E-state index is 0.0641. The first-order valence-electron chi connectivity index (χ1n) is 10.3. The molecule has 5 nitrogen and oxygen atoms in total. The second-order valence-electron chi connectivity index (χ2n) is 8.25. The van der Waals surface area contributed by atoms with E-state index in [1.165, 1.54) is 0 Å². The lowest BCUT2D eigenvalue weighted by Gasteiger charge is -2.30. The van der Waals surface area contributed by atoms with Gasteiger partial charge in [-0.1, -0.05) is 19.1 Å². The lowest BCUT2D eigenvalue weighted by atomic mass is 9.84. The summed E-state index contributed by atoms with van der Waals surface area (Å²) in [6, 6.07) is 0.232. The molecule has 6 heteroatoms. The van der Waals surface area contributed by atoms with Crippen LogP contribution in [0.25, 0.3) is 0 Å². The smallest absolute Gasteiger partial charge is 0.223 e. The fourth-order valence-electron chi connectivity index (χ4n) is 4.79. The monoisotopic (exact) mass is 387 g/mol. The highest BCUT2D eigenvalue weighted by atomic mass is 32.1. The third kappa shape index (κ3) is 4.26. The number of thiazole rings is 1. The summed E-state index contributed by atoms with van der Waals surface area (Å²) in [5.74, 6) is 1.68. The van der Waals surface area contributed by atoms with Gasteiger partial charge in [-0.05, 0) is 56.8 Å². The van der Waals surface area contributed by atoms with E-state index in [9.17, 15) is 9.59 Å². The molecule has 0 unspecified atom stereocenters. The maximum Gasteiger partial charge on any atom is 0.223 e. The molecule has 0 saturated heterocycles. The van der Waals surface area contributed by atoms with Gasteiger partial charge in [0.15, 0.2) is 0 Å². The van der Waals surface area contributed by atoms with Gasteiger partial charge in [0.05, 0.1) is 12.2 Å². The number of aromatic nitrogens is 1. The molecule has 2 saturated carbocycles. The van der Waals surface area contributed by atoms with Gasteiger partial charge >= 0.3 is 0 Å². The van der Waals surface area contributed by atoms with Gasteiger partial charge in [0.25, 0.3) is 0 Å². The normalized spacial score (nSPS) is 31.8. The molecule has 4 rings (SSSR count). The van der Waals surface area contributed by atoms with E-state index < -0.39 is 0 Å². The Kier molecular flexibility index (Phi) is 5.62. The van der Waals surface area contributed by atoms with Crippen LogP contribution in [0.2, 0.25) is 0 Å². The number of allylic oxidation sites excluding steroid dienone is 2. The highest BCUT2D eigenvalue weighted by molar-refractivity contribution is 7.09. The number of carbonyl (C=O) groups excluding carboxylic acids is 2. The number of hydrogen-bond donors (Lipinski definition) is 2. The Morgan fingerprint density at radius 2 is 1.96 bits per heavy atom. The lowest BCUT2D eigenvalue weighted by molar-refractivity contribution is -0.127. The largest absolute Gasteiger partial charge is 0.353 e. The van der Waals surface area contributed by atoms with E-state index in [0.29, 0.717) is 18.4 Å². The van der Waals surface area contributed by atoms with Crippen LogP contribution in [0.3, 0.4) is 0 Å². The third-order valence-corrected chi connectivity index (χ3v) is 7.33. The highest BCUT2D eigenvalue weighted by Gasteiger charge is 2.40. The Balaban J connectivity index is 1.18. The maximum absolute atomic E-state index is 12.6. The molecule has 2 bridgehead atoms. The van der Waals surface area contributed by atoms with Crippen LogP contribution in [0.15, 0.2) is 17.5 Å². The zero-order valence-corrected chi connectivity index (χ0v) is 16.8. The SMILES string of the molecule is CCc1csc(CNC(=O)C2CCC(NC(=O)[C@@H]3C[C@@H]4C=C[C@H]3C4)CC2)n1. The number of rotatable bonds is 6. The molecule has 0 spiro atoms. The number of nitrogens with zero attached hydrogens (tertiary/aromatic N) is 1. The summed E-state index contributed by atoms with van der Waals surface area (Å²) < 4.78 is 0. The van der Waals surface area contributed by atoms with Crippen LogP contribution in [-0.4, -0.2) is 22.8 Å². The molecule has 3 aliphatic rings. The average Bonchev–Trinajstić information content (AvgIpc) is 3.43. The molecule has 1 heterocycles. The van der Waals surface area contributed by atoms with Crippen molar-refractivity contribution in [3.63, 3.8) is 0 Å². The van der Waals surface area contributed by atoms with Gasteiger partial charge in [0.1, 0.15) is 5.01 Å². The summed E-state index contributed by atoms with van der Waals surface area (Å²) in [4.78, 5) is 29.5. The summed E-state index contributed by atoms with van der Waals surface area (Å²) in [5.41, 5.74) is 1.09. The van der Waals surface area contributed by atoms with Crippen LogP contribution in [0.1, 0.15) is 56.2 Å². The summed E-state index contributed by atoms with van der Waals surface area (Å²) in [6.07, 6.45) is 11.1. The van der Waals surface area contributed by atoms with Crippen molar-refractivity contribution in [2.75, 3.05) is 0 Å². The average molecular weight is 388 g/mol. The van der Waals surface area contributed by atoms with Crippen molar-refractivity contribution in [2.24, 2.45) is 23.7 Å². The molecule has 1 aromatic heterocycles. The Labute approximate surface area is 165 Å². The summed E-state index contributed by atoms with van der Waals surface area (Å²) >= 11 is 1.61. The first kappa shape index (κ1) is 18.7. The number of hydrogen-bond acceptors (Lipinski definition) is 4. The van der Waals surface area contributed by atoms with E-state index in [0.717, 1.165) is 55.6 Å². The van der Waals surface area contributed by atoms with Gasteiger partial charge in [-0.15, -0.1) is 11.3 Å². The molecular formula is C21H29N3O2S. The van der Waals surface area contributed by atoms with Gasteiger partial charge in [0.2, 0.25) is 11.8 Å². The number of amides is 2. The van der Waals surface area contributed by atoms with Crippen molar-refractivity contribution < 1.29 is 9.59 Å². The first-order valence-corrected chi connectivity index (χ1v) is 11.2. The lowest BCUT2D eigenvalue weighted by Crippen LogP contribution is -2.43. The van der Waals surface area contributed by atoms with Gasteiger partial charge < -0.3 is 10.6 Å². The molecule has 3 aliphatic carbocycles. The second-order valence-corrected chi connectivity index (χ2v) is 9.19. The Morgan fingerprint density at radius 1 is 1.15 bits per heavy atom. The van der Waals surface area contributed by atoms with Gasteiger partial charge in [-0.2, -0.15) is 0 Å². The minimum atomic E-state index is 0.0641. The topological polar surface area (TPSA) is 71.1 Å². The summed E-state index contributed by atoms with van der Waals surface area (Å²) in [6.45, 7) is 2.61. The maximum atomic E-state index is 12.6. The van der Waals surface area contributed by atoms with E-state index in [2.05, 4.69) is 40.1 Å².